The van der Waals surface area contributed by atoms with E-state index in [1.165, 1.54) is 10.4 Å². The highest BCUT2D eigenvalue weighted by Crippen LogP contribution is 2.41. The molecular formula is C19H18N8S3. The Bertz CT molecular complexity index is 1240. The lowest BCUT2D eigenvalue weighted by molar-refractivity contribution is 0.447. The van der Waals surface area contributed by atoms with Gasteiger partial charge in [0.25, 0.3) is 0 Å². The molecule has 5 heterocycles. The molecular weight excluding hydrogens is 436 g/mol. The predicted molar refractivity (Wildman–Crippen MR) is 120 cm³/mol. The van der Waals surface area contributed by atoms with Gasteiger partial charge in [0.1, 0.15) is 21.5 Å². The SMILES string of the molecule is Cc1nc(Sc2nnc3n2CCC(CN=[N+]=[N-])CC3)c2c(-c3cccs3)csc2n1. The number of hydrogen-bond donors (Lipinski definition) is 0. The molecule has 0 amide bonds. The van der Waals surface area contributed by atoms with E-state index in [1.54, 1.807) is 34.4 Å². The number of rotatable bonds is 5. The fraction of sp³-hybridized carbons (Fsp3) is 0.368. The summed E-state index contributed by atoms with van der Waals surface area (Å²) in [7, 11) is 0. The lowest BCUT2D eigenvalue weighted by Crippen LogP contribution is -2.06. The van der Waals surface area contributed by atoms with Crippen LogP contribution in [-0.4, -0.2) is 31.3 Å². The van der Waals surface area contributed by atoms with E-state index in [4.69, 9.17) is 10.5 Å². The van der Waals surface area contributed by atoms with Crippen LogP contribution in [0.15, 0.2) is 38.2 Å². The van der Waals surface area contributed by atoms with E-state index in [0.717, 1.165) is 57.9 Å². The molecule has 1 aliphatic rings. The number of nitrogens with zero attached hydrogens (tertiary/aromatic N) is 8. The van der Waals surface area contributed by atoms with Crippen molar-refractivity contribution < 1.29 is 0 Å². The number of hydrogen-bond acceptors (Lipinski definition) is 8. The Morgan fingerprint density at radius 3 is 3.07 bits per heavy atom. The van der Waals surface area contributed by atoms with E-state index in [0.29, 0.717) is 12.5 Å². The first-order valence-corrected chi connectivity index (χ1v) is 12.2. The summed E-state index contributed by atoms with van der Waals surface area (Å²) in [4.78, 5) is 14.6. The molecule has 5 rings (SSSR count). The summed E-state index contributed by atoms with van der Waals surface area (Å²) < 4.78 is 2.20. The highest BCUT2D eigenvalue weighted by Gasteiger charge is 2.23. The highest BCUT2D eigenvalue weighted by molar-refractivity contribution is 7.99. The van der Waals surface area contributed by atoms with Crippen LogP contribution in [0.4, 0.5) is 0 Å². The van der Waals surface area contributed by atoms with Crippen LogP contribution in [0.2, 0.25) is 0 Å². The van der Waals surface area contributed by atoms with Crippen LogP contribution in [0.3, 0.4) is 0 Å². The molecule has 0 radical (unpaired) electrons. The van der Waals surface area contributed by atoms with Gasteiger partial charge in [0.2, 0.25) is 0 Å². The smallest absolute Gasteiger partial charge is 0.197 e. The molecule has 0 spiro atoms. The van der Waals surface area contributed by atoms with Crippen molar-refractivity contribution in [2.75, 3.05) is 6.54 Å². The number of thiophene rings is 2. The molecule has 1 aliphatic heterocycles. The topological polar surface area (TPSA) is 105 Å². The molecule has 0 saturated heterocycles. The fourth-order valence-electron chi connectivity index (χ4n) is 3.71. The second-order valence-corrected chi connectivity index (χ2v) is 9.90. The molecule has 0 aromatic carbocycles. The summed E-state index contributed by atoms with van der Waals surface area (Å²) in [6.45, 7) is 3.30. The Hall–Kier alpha value is -2.46. The van der Waals surface area contributed by atoms with Crippen molar-refractivity contribution in [1.29, 1.82) is 0 Å². The Balaban J connectivity index is 1.50. The minimum absolute atomic E-state index is 0.385. The standard InChI is InChI=1S/C19H18N8S3/c1-11-22-17-16(13(10-29-17)14-3-2-8-28-14)18(23-11)30-19-25-24-15-5-4-12(9-21-26-20)6-7-27(15)19/h2-3,8,10,12H,4-7,9H2,1H3. The van der Waals surface area contributed by atoms with Crippen molar-refractivity contribution in [2.45, 2.75) is 42.9 Å². The van der Waals surface area contributed by atoms with E-state index in [9.17, 15) is 0 Å². The molecule has 0 N–H and O–H groups in total. The van der Waals surface area contributed by atoms with Gasteiger partial charge < -0.3 is 4.57 Å². The van der Waals surface area contributed by atoms with E-state index in [-0.39, 0.29) is 0 Å². The van der Waals surface area contributed by atoms with Crippen LogP contribution >= 0.6 is 34.4 Å². The molecule has 8 nitrogen and oxygen atoms in total. The van der Waals surface area contributed by atoms with Gasteiger partial charge in [-0.05, 0) is 54.4 Å². The molecule has 4 aromatic rings. The van der Waals surface area contributed by atoms with Crippen molar-refractivity contribution in [3.05, 3.63) is 45.0 Å². The monoisotopic (exact) mass is 454 g/mol. The van der Waals surface area contributed by atoms with E-state index in [1.807, 2.05) is 6.92 Å². The zero-order valence-electron chi connectivity index (χ0n) is 16.2. The second kappa shape index (κ2) is 8.35. The maximum Gasteiger partial charge on any atom is 0.197 e. The normalized spacial score (nSPS) is 16.2. The molecule has 11 heteroatoms. The maximum absolute atomic E-state index is 8.61. The summed E-state index contributed by atoms with van der Waals surface area (Å²) in [5, 5.41) is 19.8. The van der Waals surface area contributed by atoms with E-state index >= 15 is 0 Å². The van der Waals surface area contributed by atoms with Gasteiger partial charge in [-0.15, -0.1) is 32.9 Å². The quantitative estimate of drug-likeness (QED) is 0.166. The molecule has 30 heavy (non-hydrogen) atoms. The van der Waals surface area contributed by atoms with Crippen molar-refractivity contribution in [2.24, 2.45) is 11.0 Å². The van der Waals surface area contributed by atoms with Crippen LogP contribution in [0.25, 0.3) is 31.1 Å². The fourth-order valence-corrected chi connectivity index (χ4v) is 6.63. The second-order valence-electron chi connectivity index (χ2n) is 7.14. The van der Waals surface area contributed by atoms with Gasteiger partial charge in [0.05, 0.1) is 5.39 Å². The van der Waals surface area contributed by atoms with E-state index in [2.05, 4.69) is 52.7 Å². The molecule has 0 aliphatic carbocycles. The highest BCUT2D eigenvalue weighted by atomic mass is 32.2. The zero-order valence-corrected chi connectivity index (χ0v) is 18.7. The zero-order chi connectivity index (χ0) is 20.5. The first-order chi connectivity index (χ1) is 14.7. The number of fused-ring (bicyclic) bond motifs is 2. The minimum atomic E-state index is 0.385. The third-order valence-corrected chi connectivity index (χ3v) is 7.97. The van der Waals surface area contributed by atoms with Crippen LogP contribution in [0.1, 0.15) is 24.5 Å². The van der Waals surface area contributed by atoms with Crippen LogP contribution in [0.5, 0.6) is 0 Å². The third kappa shape index (κ3) is 3.69. The molecule has 1 unspecified atom stereocenters. The average Bonchev–Trinajstić information content (AvgIpc) is 3.45. The Kier molecular flexibility index (Phi) is 5.43. The lowest BCUT2D eigenvalue weighted by Gasteiger charge is -2.10. The average molecular weight is 455 g/mol. The van der Waals surface area contributed by atoms with Crippen LogP contribution in [0, 0.1) is 12.8 Å². The van der Waals surface area contributed by atoms with Gasteiger partial charge in [-0.1, -0.05) is 11.2 Å². The molecule has 152 valence electrons. The van der Waals surface area contributed by atoms with Crippen molar-refractivity contribution in [1.82, 2.24) is 24.7 Å². The molecule has 0 bridgehead atoms. The van der Waals surface area contributed by atoms with Gasteiger partial charge in [-0.25, -0.2) is 9.97 Å². The third-order valence-electron chi connectivity index (χ3n) is 5.22. The van der Waals surface area contributed by atoms with Crippen molar-refractivity contribution in [3.63, 3.8) is 0 Å². The summed E-state index contributed by atoms with van der Waals surface area (Å²) in [6, 6.07) is 4.20. The lowest BCUT2D eigenvalue weighted by atomic mass is 10.0. The van der Waals surface area contributed by atoms with Gasteiger partial charge in [0, 0.05) is 40.2 Å². The summed E-state index contributed by atoms with van der Waals surface area (Å²) in [5.41, 5.74) is 9.79. The van der Waals surface area contributed by atoms with Gasteiger partial charge in [-0.3, -0.25) is 0 Å². The largest absolute Gasteiger partial charge is 0.306 e. The number of aryl methyl sites for hydroxylation is 2. The molecule has 0 saturated carbocycles. The van der Waals surface area contributed by atoms with Crippen molar-refractivity contribution >= 4 is 44.7 Å². The van der Waals surface area contributed by atoms with Gasteiger partial charge in [-0.2, -0.15) is 0 Å². The Morgan fingerprint density at radius 1 is 1.30 bits per heavy atom. The maximum atomic E-state index is 8.61. The summed E-state index contributed by atoms with van der Waals surface area (Å²) in [6.07, 6.45) is 2.76. The molecule has 1 atom stereocenters. The van der Waals surface area contributed by atoms with Gasteiger partial charge in [0.15, 0.2) is 5.16 Å². The van der Waals surface area contributed by atoms with Crippen LogP contribution < -0.4 is 0 Å². The van der Waals surface area contributed by atoms with Crippen molar-refractivity contribution in [3.8, 4) is 10.4 Å². The summed E-state index contributed by atoms with van der Waals surface area (Å²) >= 11 is 4.94. The number of azide groups is 1. The summed E-state index contributed by atoms with van der Waals surface area (Å²) in [5.74, 6) is 2.14. The van der Waals surface area contributed by atoms with Gasteiger partial charge >= 0.3 is 0 Å². The predicted octanol–water partition coefficient (Wildman–Crippen LogP) is 5.73. The Morgan fingerprint density at radius 2 is 2.23 bits per heavy atom. The van der Waals surface area contributed by atoms with Crippen LogP contribution in [-0.2, 0) is 13.0 Å². The molecule has 0 fully saturated rings. The molecule has 4 aromatic heterocycles. The Labute approximate surface area is 185 Å². The minimum Gasteiger partial charge on any atom is -0.306 e. The first kappa shape index (κ1) is 19.5. The number of aromatic nitrogens is 5. The van der Waals surface area contributed by atoms with E-state index < -0.39 is 0 Å². The first-order valence-electron chi connectivity index (χ1n) is 9.63.